The van der Waals surface area contributed by atoms with Crippen LogP contribution in [0.25, 0.3) is 0 Å². The number of hydrogen-bond donors (Lipinski definition) is 2. The Morgan fingerprint density at radius 2 is 1.88 bits per heavy atom. The summed E-state index contributed by atoms with van der Waals surface area (Å²) < 4.78 is 4.67. The van der Waals surface area contributed by atoms with Gasteiger partial charge in [0.15, 0.2) is 5.92 Å². The number of esters is 1. The van der Waals surface area contributed by atoms with Gasteiger partial charge in [0.25, 0.3) is 0 Å². The number of aromatic hydroxyl groups is 1. The van der Waals surface area contributed by atoms with Crippen molar-refractivity contribution in [3.05, 3.63) is 29.8 Å². The monoisotopic (exact) mass is 224 g/mol. The molecule has 16 heavy (non-hydrogen) atoms. The smallest absolute Gasteiger partial charge is 0.324 e. The van der Waals surface area contributed by atoms with Gasteiger partial charge in [-0.3, -0.25) is 9.59 Å². The summed E-state index contributed by atoms with van der Waals surface area (Å²) in [4.78, 5) is 22.3. The Hall–Kier alpha value is -2.04. The second-order valence-electron chi connectivity index (χ2n) is 3.11. The van der Waals surface area contributed by atoms with E-state index in [-0.39, 0.29) is 17.9 Å². The predicted octanol–water partition coefficient (Wildman–Crippen LogP) is 1.12. The zero-order valence-electron chi connectivity index (χ0n) is 8.71. The fourth-order valence-electron chi connectivity index (χ4n) is 1.27. The van der Waals surface area contributed by atoms with E-state index in [9.17, 15) is 9.59 Å². The van der Waals surface area contributed by atoms with Gasteiger partial charge in [-0.05, 0) is 24.6 Å². The van der Waals surface area contributed by atoms with Crippen LogP contribution < -0.4 is 0 Å². The van der Waals surface area contributed by atoms with E-state index < -0.39 is 17.9 Å². The molecule has 1 unspecified atom stereocenters. The Morgan fingerprint density at radius 1 is 1.31 bits per heavy atom. The molecule has 0 aromatic heterocycles. The van der Waals surface area contributed by atoms with E-state index >= 15 is 0 Å². The van der Waals surface area contributed by atoms with E-state index in [1.807, 2.05) is 0 Å². The molecule has 0 fully saturated rings. The van der Waals surface area contributed by atoms with Crippen LogP contribution in [-0.4, -0.2) is 28.8 Å². The molecule has 0 radical (unpaired) electrons. The molecule has 0 amide bonds. The third kappa shape index (κ3) is 2.73. The second-order valence-corrected chi connectivity index (χ2v) is 3.11. The van der Waals surface area contributed by atoms with Crippen molar-refractivity contribution in [1.82, 2.24) is 0 Å². The normalized spacial score (nSPS) is 11.8. The maximum atomic E-state index is 11.4. The average Bonchev–Trinajstić information content (AvgIpc) is 2.21. The van der Waals surface area contributed by atoms with Gasteiger partial charge in [0.1, 0.15) is 5.75 Å². The molecule has 0 aliphatic carbocycles. The maximum Gasteiger partial charge on any atom is 0.324 e. The Kier molecular flexibility index (Phi) is 3.88. The minimum Gasteiger partial charge on any atom is -0.508 e. The van der Waals surface area contributed by atoms with Gasteiger partial charge < -0.3 is 14.9 Å². The number of rotatable bonds is 4. The van der Waals surface area contributed by atoms with Gasteiger partial charge in [0.2, 0.25) is 0 Å². The van der Waals surface area contributed by atoms with E-state index in [1.54, 1.807) is 6.92 Å². The van der Waals surface area contributed by atoms with Crippen molar-refractivity contribution in [2.24, 2.45) is 0 Å². The number of hydrogen-bond acceptors (Lipinski definition) is 4. The zero-order valence-corrected chi connectivity index (χ0v) is 8.71. The lowest BCUT2D eigenvalue weighted by Gasteiger charge is -2.11. The van der Waals surface area contributed by atoms with Crippen molar-refractivity contribution in [3.63, 3.8) is 0 Å². The first-order valence-electron chi connectivity index (χ1n) is 4.74. The molecule has 0 bridgehead atoms. The second kappa shape index (κ2) is 5.16. The van der Waals surface area contributed by atoms with Crippen molar-refractivity contribution in [1.29, 1.82) is 0 Å². The van der Waals surface area contributed by atoms with Crippen LogP contribution in [0.3, 0.4) is 0 Å². The topological polar surface area (TPSA) is 83.8 Å². The molecular formula is C11H12O5. The number of aliphatic carboxylic acids is 1. The molecule has 5 nitrogen and oxygen atoms in total. The summed E-state index contributed by atoms with van der Waals surface area (Å²) in [5, 5.41) is 18.0. The van der Waals surface area contributed by atoms with Crippen molar-refractivity contribution in [3.8, 4) is 5.75 Å². The van der Waals surface area contributed by atoms with Gasteiger partial charge in [0, 0.05) is 0 Å². The molecule has 1 aromatic carbocycles. The minimum absolute atomic E-state index is 0.0109. The minimum atomic E-state index is -1.35. The van der Waals surface area contributed by atoms with Crippen molar-refractivity contribution in [2.45, 2.75) is 12.8 Å². The van der Waals surface area contributed by atoms with Gasteiger partial charge in [-0.25, -0.2) is 0 Å². The lowest BCUT2D eigenvalue weighted by molar-refractivity contribution is -0.153. The molecule has 0 aliphatic heterocycles. The Balaban J connectivity index is 2.98. The first-order valence-corrected chi connectivity index (χ1v) is 4.74. The van der Waals surface area contributed by atoms with Crippen LogP contribution in [0.5, 0.6) is 5.75 Å². The lowest BCUT2D eigenvalue weighted by Crippen LogP contribution is -2.23. The number of phenolic OH excluding ortho intramolecular Hbond substituents is 1. The first kappa shape index (κ1) is 12.0. The number of ether oxygens (including phenoxy) is 1. The van der Waals surface area contributed by atoms with Crippen LogP contribution in [0.1, 0.15) is 18.4 Å². The summed E-state index contributed by atoms with van der Waals surface area (Å²) in [5.41, 5.74) is 0.281. The van der Waals surface area contributed by atoms with Crippen LogP contribution in [0.15, 0.2) is 24.3 Å². The fourth-order valence-corrected chi connectivity index (χ4v) is 1.27. The van der Waals surface area contributed by atoms with E-state index in [4.69, 9.17) is 10.2 Å². The van der Waals surface area contributed by atoms with Gasteiger partial charge >= 0.3 is 11.9 Å². The van der Waals surface area contributed by atoms with Crippen LogP contribution in [-0.2, 0) is 14.3 Å². The molecule has 1 atom stereocenters. The Labute approximate surface area is 92.3 Å². The van der Waals surface area contributed by atoms with Gasteiger partial charge in [-0.2, -0.15) is 0 Å². The number of benzene rings is 1. The summed E-state index contributed by atoms with van der Waals surface area (Å²) in [6.45, 7) is 1.73. The molecule has 0 saturated heterocycles. The van der Waals surface area contributed by atoms with Crippen LogP contribution in [0, 0.1) is 0 Å². The largest absolute Gasteiger partial charge is 0.508 e. The van der Waals surface area contributed by atoms with E-state index in [0.717, 1.165) is 0 Å². The molecule has 5 heteroatoms. The highest BCUT2D eigenvalue weighted by Gasteiger charge is 2.29. The van der Waals surface area contributed by atoms with E-state index in [0.29, 0.717) is 0 Å². The highest BCUT2D eigenvalue weighted by molar-refractivity contribution is 5.99. The van der Waals surface area contributed by atoms with Crippen molar-refractivity contribution >= 4 is 11.9 Å². The van der Waals surface area contributed by atoms with E-state index in [2.05, 4.69) is 4.74 Å². The Bertz CT molecular complexity index is 382. The molecule has 0 aliphatic rings. The molecule has 0 saturated carbocycles. The van der Waals surface area contributed by atoms with Crippen LogP contribution in [0.2, 0.25) is 0 Å². The fraction of sp³-hybridized carbons (Fsp3) is 0.273. The average molecular weight is 224 g/mol. The predicted molar refractivity (Wildman–Crippen MR) is 55.1 cm³/mol. The van der Waals surface area contributed by atoms with Gasteiger partial charge in [-0.15, -0.1) is 0 Å². The van der Waals surface area contributed by atoms with Gasteiger partial charge in [0.05, 0.1) is 6.61 Å². The molecule has 86 valence electrons. The molecule has 2 N–H and O–H groups in total. The lowest BCUT2D eigenvalue weighted by atomic mass is 9.99. The van der Waals surface area contributed by atoms with Crippen LogP contribution in [0.4, 0.5) is 0 Å². The van der Waals surface area contributed by atoms with Crippen molar-refractivity contribution in [2.75, 3.05) is 6.61 Å². The Morgan fingerprint density at radius 3 is 2.31 bits per heavy atom. The highest BCUT2D eigenvalue weighted by Crippen LogP contribution is 2.20. The number of carbonyl (C=O) groups is 2. The first-order chi connectivity index (χ1) is 7.56. The third-order valence-electron chi connectivity index (χ3n) is 2.00. The standard InChI is InChI=1S/C11H12O5/c1-2-16-11(15)9(10(13)14)7-3-5-8(12)6-4-7/h3-6,9,12H,2H2,1H3,(H,13,14). The van der Waals surface area contributed by atoms with E-state index in [1.165, 1.54) is 24.3 Å². The summed E-state index contributed by atoms with van der Waals surface area (Å²) >= 11 is 0. The number of carboxylic acids is 1. The van der Waals surface area contributed by atoms with Gasteiger partial charge in [-0.1, -0.05) is 12.1 Å². The molecule has 1 aromatic rings. The quantitative estimate of drug-likeness (QED) is 0.591. The van der Waals surface area contributed by atoms with Crippen LogP contribution >= 0.6 is 0 Å². The number of carbonyl (C=O) groups excluding carboxylic acids is 1. The zero-order chi connectivity index (χ0) is 12.1. The summed E-state index contributed by atoms with van der Waals surface area (Å²) in [6, 6.07) is 5.41. The molecular weight excluding hydrogens is 212 g/mol. The summed E-state index contributed by atoms with van der Waals surface area (Å²) in [5.74, 6) is -3.41. The highest BCUT2D eigenvalue weighted by atomic mass is 16.5. The summed E-state index contributed by atoms with van der Waals surface area (Å²) in [7, 11) is 0. The molecule has 0 heterocycles. The third-order valence-corrected chi connectivity index (χ3v) is 2.00. The number of carboxylic acid groups (broad SMARTS) is 1. The van der Waals surface area contributed by atoms with Crippen molar-refractivity contribution < 1.29 is 24.5 Å². The SMILES string of the molecule is CCOC(=O)C(C(=O)O)c1ccc(O)cc1. The molecule has 1 rings (SSSR count). The molecule has 0 spiro atoms. The maximum absolute atomic E-state index is 11.4. The number of phenols is 1. The summed E-state index contributed by atoms with van der Waals surface area (Å²) in [6.07, 6.45) is 0.